The maximum Gasteiger partial charge on any atom is 0.163 e. The average Bonchev–Trinajstić information content (AvgIpc) is 2.76. The van der Waals surface area contributed by atoms with Gasteiger partial charge in [-0.1, -0.05) is 12.1 Å². The average molecular weight is 248 g/mol. The summed E-state index contributed by atoms with van der Waals surface area (Å²) in [6.45, 7) is 0. The van der Waals surface area contributed by atoms with Crippen molar-refractivity contribution in [1.29, 1.82) is 0 Å². The summed E-state index contributed by atoms with van der Waals surface area (Å²) in [6.07, 6.45) is 6.68. The summed E-state index contributed by atoms with van der Waals surface area (Å²) < 4.78 is 0. The van der Waals surface area contributed by atoms with Crippen molar-refractivity contribution >= 4 is 16.6 Å². The van der Waals surface area contributed by atoms with Crippen molar-refractivity contribution < 1.29 is 4.79 Å². The van der Waals surface area contributed by atoms with Gasteiger partial charge in [-0.3, -0.25) is 4.79 Å². The van der Waals surface area contributed by atoms with Crippen LogP contribution in [0.1, 0.15) is 57.8 Å². The molecule has 0 spiro atoms. The molecule has 0 aliphatic heterocycles. The first kappa shape index (κ1) is 10.2. The highest BCUT2D eigenvalue weighted by Gasteiger charge is 2.35. The largest absolute Gasteiger partial charge is 0.294 e. The first-order valence-electron chi connectivity index (χ1n) is 7.46. The van der Waals surface area contributed by atoms with Crippen LogP contribution >= 0.6 is 0 Å². The van der Waals surface area contributed by atoms with Crippen molar-refractivity contribution in [2.75, 3.05) is 0 Å². The maximum atomic E-state index is 12.3. The third kappa shape index (κ3) is 1.14. The van der Waals surface area contributed by atoms with E-state index in [0.717, 1.165) is 24.8 Å². The maximum absolute atomic E-state index is 12.3. The normalized spacial score (nSPS) is 23.2. The number of carbonyl (C=O) groups excluding carboxylic acids is 1. The SMILES string of the molecule is O=C1CC2CCc3ccc4c5c(cc1c2c35)CCC4. The molecule has 0 aromatic heterocycles. The van der Waals surface area contributed by atoms with E-state index in [1.54, 1.807) is 0 Å². The fourth-order valence-electron chi connectivity index (χ4n) is 4.57. The number of rotatable bonds is 0. The zero-order valence-electron chi connectivity index (χ0n) is 11.0. The van der Waals surface area contributed by atoms with Crippen LogP contribution in [0.3, 0.4) is 0 Å². The molecule has 3 aliphatic rings. The van der Waals surface area contributed by atoms with Gasteiger partial charge in [-0.25, -0.2) is 0 Å². The molecule has 0 radical (unpaired) electrons. The summed E-state index contributed by atoms with van der Waals surface area (Å²) in [6, 6.07) is 6.90. The summed E-state index contributed by atoms with van der Waals surface area (Å²) >= 11 is 0. The van der Waals surface area contributed by atoms with Crippen LogP contribution in [-0.2, 0) is 19.3 Å². The Morgan fingerprint density at radius 2 is 1.74 bits per heavy atom. The molecule has 5 rings (SSSR count). The Morgan fingerprint density at radius 3 is 2.63 bits per heavy atom. The van der Waals surface area contributed by atoms with Crippen LogP contribution < -0.4 is 0 Å². The Morgan fingerprint density at radius 1 is 0.947 bits per heavy atom. The predicted molar refractivity (Wildman–Crippen MR) is 76.0 cm³/mol. The van der Waals surface area contributed by atoms with E-state index < -0.39 is 0 Å². The fourth-order valence-corrected chi connectivity index (χ4v) is 4.57. The van der Waals surface area contributed by atoms with Crippen molar-refractivity contribution in [3.05, 3.63) is 46.0 Å². The van der Waals surface area contributed by atoms with Gasteiger partial charge in [-0.15, -0.1) is 0 Å². The highest BCUT2D eigenvalue weighted by Crippen LogP contribution is 2.48. The summed E-state index contributed by atoms with van der Waals surface area (Å²) in [7, 11) is 0. The number of benzene rings is 2. The molecule has 94 valence electrons. The predicted octanol–water partition coefficient (Wildman–Crippen LogP) is 3.94. The van der Waals surface area contributed by atoms with E-state index in [9.17, 15) is 4.79 Å². The molecular formula is C18H16O. The number of aryl methyl sites for hydroxylation is 3. The minimum Gasteiger partial charge on any atom is -0.294 e. The Balaban J connectivity index is 2.04. The Bertz CT molecular complexity index is 754. The van der Waals surface area contributed by atoms with Gasteiger partial charge < -0.3 is 0 Å². The van der Waals surface area contributed by atoms with Crippen LogP contribution in [0.2, 0.25) is 0 Å². The van der Waals surface area contributed by atoms with Crippen molar-refractivity contribution in [2.45, 2.75) is 44.4 Å². The van der Waals surface area contributed by atoms with Gasteiger partial charge in [0.2, 0.25) is 0 Å². The molecule has 2 aromatic rings. The molecule has 0 fully saturated rings. The first-order valence-corrected chi connectivity index (χ1v) is 7.46. The van der Waals surface area contributed by atoms with Crippen LogP contribution in [0.4, 0.5) is 0 Å². The standard InChI is InChI=1S/C18H16O/c19-15-9-13-7-6-11-5-4-10-2-1-3-12-8-14(15)17(13)18(11)16(10)12/h4-5,8,13H,1-3,6-7,9H2. The fraction of sp³-hybridized carbons (Fsp3) is 0.389. The molecule has 1 unspecified atom stereocenters. The molecule has 1 heteroatoms. The van der Waals surface area contributed by atoms with Crippen molar-refractivity contribution in [3.8, 4) is 0 Å². The number of ketones is 1. The zero-order chi connectivity index (χ0) is 12.6. The minimum atomic E-state index is 0.391. The monoisotopic (exact) mass is 248 g/mol. The smallest absolute Gasteiger partial charge is 0.163 e. The highest BCUT2D eigenvalue weighted by molar-refractivity contribution is 6.09. The van der Waals surface area contributed by atoms with E-state index in [4.69, 9.17) is 0 Å². The molecule has 2 aromatic carbocycles. The lowest BCUT2D eigenvalue weighted by Gasteiger charge is -2.27. The molecule has 0 heterocycles. The van der Waals surface area contributed by atoms with E-state index >= 15 is 0 Å². The zero-order valence-corrected chi connectivity index (χ0v) is 11.0. The van der Waals surface area contributed by atoms with Crippen LogP contribution in [0, 0.1) is 0 Å². The van der Waals surface area contributed by atoms with Gasteiger partial charge in [0, 0.05) is 12.0 Å². The summed E-state index contributed by atoms with van der Waals surface area (Å²) in [5.74, 6) is 0.906. The van der Waals surface area contributed by atoms with Crippen LogP contribution in [-0.4, -0.2) is 5.78 Å². The van der Waals surface area contributed by atoms with E-state index in [1.165, 1.54) is 52.3 Å². The van der Waals surface area contributed by atoms with Crippen molar-refractivity contribution in [1.82, 2.24) is 0 Å². The van der Waals surface area contributed by atoms with Gasteiger partial charge >= 0.3 is 0 Å². The van der Waals surface area contributed by atoms with Gasteiger partial charge in [0.15, 0.2) is 5.78 Å². The second-order valence-electron chi connectivity index (χ2n) is 6.35. The first-order chi connectivity index (χ1) is 9.33. The second kappa shape index (κ2) is 3.27. The molecular weight excluding hydrogens is 232 g/mol. The summed E-state index contributed by atoms with van der Waals surface area (Å²) in [5, 5.41) is 2.99. The lowest BCUT2D eigenvalue weighted by Crippen LogP contribution is -2.10. The van der Waals surface area contributed by atoms with Crippen LogP contribution in [0.25, 0.3) is 10.8 Å². The third-order valence-electron chi connectivity index (χ3n) is 5.37. The van der Waals surface area contributed by atoms with Crippen LogP contribution in [0.15, 0.2) is 18.2 Å². The third-order valence-corrected chi connectivity index (χ3v) is 5.37. The molecule has 1 nitrogen and oxygen atoms in total. The number of Topliss-reactive ketones (excluding diaryl/α,β-unsaturated/α-hetero) is 1. The van der Waals surface area contributed by atoms with Gasteiger partial charge in [-0.05, 0) is 77.1 Å². The van der Waals surface area contributed by atoms with E-state index in [1.807, 2.05) is 0 Å². The van der Waals surface area contributed by atoms with Gasteiger partial charge in [0.25, 0.3) is 0 Å². The van der Waals surface area contributed by atoms with Crippen molar-refractivity contribution in [2.24, 2.45) is 0 Å². The van der Waals surface area contributed by atoms with E-state index in [-0.39, 0.29) is 0 Å². The van der Waals surface area contributed by atoms with Gasteiger partial charge in [-0.2, -0.15) is 0 Å². The van der Waals surface area contributed by atoms with Gasteiger partial charge in [0.05, 0.1) is 0 Å². The highest BCUT2D eigenvalue weighted by atomic mass is 16.1. The summed E-state index contributed by atoms with van der Waals surface area (Å²) in [4.78, 5) is 12.3. The Hall–Kier alpha value is -1.63. The van der Waals surface area contributed by atoms with E-state index in [2.05, 4.69) is 18.2 Å². The molecule has 0 bridgehead atoms. The molecule has 0 saturated carbocycles. The quantitative estimate of drug-likeness (QED) is 0.690. The molecule has 0 saturated heterocycles. The molecule has 3 aliphatic carbocycles. The molecule has 19 heavy (non-hydrogen) atoms. The lowest BCUT2D eigenvalue weighted by atomic mass is 9.77. The lowest BCUT2D eigenvalue weighted by molar-refractivity contribution is 0.0988. The molecule has 1 atom stereocenters. The topological polar surface area (TPSA) is 17.1 Å². The van der Waals surface area contributed by atoms with Crippen molar-refractivity contribution in [3.63, 3.8) is 0 Å². The number of hydrogen-bond donors (Lipinski definition) is 0. The Labute approximate surface area is 112 Å². The number of carbonyl (C=O) groups is 1. The van der Waals surface area contributed by atoms with E-state index in [0.29, 0.717) is 11.7 Å². The minimum absolute atomic E-state index is 0.391. The summed E-state index contributed by atoms with van der Waals surface area (Å²) in [5.41, 5.74) is 6.92. The van der Waals surface area contributed by atoms with Crippen LogP contribution in [0.5, 0.6) is 0 Å². The second-order valence-corrected chi connectivity index (χ2v) is 6.35. The Kier molecular flexibility index (Phi) is 1.76. The van der Waals surface area contributed by atoms with Gasteiger partial charge in [0.1, 0.15) is 0 Å². The molecule has 0 N–H and O–H groups in total. The molecule has 0 amide bonds. The number of hydrogen-bond acceptors (Lipinski definition) is 1.